The molecule has 0 aliphatic heterocycles. The van der Waals surface area contributed by atoms with E-state index in [9.17, 15) is 13.2 Å². The molecule has 0 bridgehead atoms. The summed E-state index contributed by atoms with van der Waals surface area (Å²) in [4.78, 5) is 14.6. The van der Waals surface area contributed by atoms with Crippen LogP contribution in [0.3, 0.4) is 0 Å². The number of amides is 1. The zero-order valence-corrected chi connectivity index (χ0v) is 13.8. The van der Waals surface area contributed by atoms with E-state index in [0.717, 1.165) is 17.7 Å². The Morgan fingerprint density at radius 1 is 1.25 bits per heavy atom. The molecular formula is C13H22N2O3S2. The summed E-state index contributed by atoms with van der Waals surface area (Å²) in [6, 6.07) is 3.31. The van der Waals surface area contributed by atoms with E-state index in [2.05, 4.69) is 4.72 Å². The van der Waals surface area contributed by atoms with Crippen LogP contribution in [0.2, 0.25) is 0 Å². The number of aryl methyl sites for hydroxylation is 1. The van der Waals surface area contributed by atoms with E-state index in [0.29, 0.717) is 13.1 Å². The zero-order valence-electron chi connectivity index (χ0n) is 12.2. The molecule has 1 heterocycles. The van der Waals surface area contributed by atoms with Gasteiger partial charge in [0.1, 0.15) is 4.21 Å². The largest absolute Gasteiger partial charge is 0.342 e. The lowest BCUT2D eigenvalue weighted by molar-refractivity contribution is -0.130. The quantitative estimate of drug-likeness (QED) is 0.797. The third-order valence-electron chi connectivity index (χ3n) is 2.73. The van der Waals surface area contributed by atoms with Crippen LogP contribution in [-0.2, 0) is 14.8 Å². The minimum absolute atomic E-state index is 0.175. The van der Waals surface area contributed by atoms with Gasteiger partial charge in [0, 0.05) is 18.0 Å². The van der Waals surface area contributed by atoms with Crippen LogP contribution in [0.5, 0.6) is 0 Å². The molecule has 0 radical (unpaired) electrons. The second-order valence-electron chi connectivity index (χ2n) is 4.57. The Morgan fingerprint density at radius 2 is 1.85 bits per heavy atom. The zero-order chi connectivity index (χ0) is 15.2. The maximum absolute atomic E-state index is 12.0. The molecule has 0 unspecified atom stereocenters. The Labute approximate surface area is 125 Å². The molecular weight excluding hydrogens is 296 g/mol. The predicted molar refractivity (Wildman–Crippen MR) is 81.4 cm³/mol. The standard InChI is InChI=1S/C13H22N2O3S2/c1-4-8-15(9-5-2)12(16)10-14-20(17,18)13-7-6-11(3)19-13/h6-7,14H,4-5,8-10H2,1-3H3. The van der Waals surface area contributed by atoms with Crippen molar-refractivity contribution in [2.45, 2.75) is 37.8 Å². The fourth-order valence-corrected chi connectivity index (χ4v) is 4.10. The number of sulfonamides is 1. The number of carbonyl (C=O) groups excluding carboxylic acids is 1. The van der Waals surface area contributed by atoms with Crippen LogP contribution in [0.25, 0.3) is 0 Å². The average molecular weight is 318 g/mol. The van der Waals surface area contributed by atoms with Crippen LogP contribution in [-0.4, -0.2) is 38.9 Å². The van der Waals surface area contributed by atoms with Gasteiger partial charge in [0.2, 0.25) is 5.91 Å². The molecule has 0 aliphatic rings. The lowest BCUT2D eigenvalue weighted by Crippen LogP contribution is -2.40. The number of rotatable bonds is 8. The van der Waals surface area contributed by atoms with E-state index in [1.165, 1.54) is 11.3 Å². The summed E-state index contributed by atoms with van der Waals surface area (Å²) in [6.07, 6.45) is 1.73. The Bertz CT molecular complexity index is 532. The van der Waals surface area contributed by atoms with E-state index >= 15 is 0 Å². The first-order chi connectivity index (χ1) is 9.40. The van der Waals surface area contributed by atoms with Crippen LogP contribution in [0.4, 0.5) is 0 Å². The highest BCUT2D eigenvalue weighted by molar-refractivity contribution is 7.91. The Balaban J connectivity index is 2.63. The molecule has 5 nitrogen and oxygen atoms in total. The van der Waals surface area contributed by atoms with E-state index < -0.39 is 10.0 Å². The Hall–Kier alpha value is -0.920. The number of hydrogen-bond donors (Lipinski definition) is 1. The summed E-state index contributed by atoms with van der Waals surface area (Å²) in [5.41, 5.74) is 0. The Morgan fingerprint density at radius 3 is 2.30 bits per heavy atom. The normalized spacial score (nSPS) is 11.6. The molecule has 1 amide bonds. The summed E-state index contributed by atoms with van der Waals surface area (Å²) in [7, 11) is -3.58. The Kier molecular flexibility index (Phi) is 6.64. The van der Waals surface area contributed by atoms with Crippen molar-refractivity contribution in [1.29, 1.82) is 0 Å². The van der Waals surface area contributed by atoms with Gasteiger partial charge in [-0.05, 0) is 31.9 Å². The molecule has 1 rings (SSSR count). The van der Waals surface area contributed by atoms with Gasteiger partial charge in [0.25, 0.3) is 10.0 Å². The molecule has 0 spiro atoms. The SMILES string of the molecule is CCCN(CCC)C(=O)CNS(=O)(=O)c1ccc(C)s1. The maximum atomic E-state index is 12.0. The number of nitrogens with one attached hydrogen (secondary N) is 1. The van der Waals surface area contributed by atoms with Crippen molar-refractivity contribution in [3.63, 3.8) is 0 Å². The molecule has 114 valence electrons. The van der Waals surface area contributed by atoms with Gasteiger partial charge < -0.3 is 4.90 Å². The summed E-state index contributed by atoms with van der Waals surface area (Å²) in [5, 5.41) is 0. The van der Waals surface area contributed by atoms with Crippen LogP contribution < -0.4 is 4.72 Å². The number of carbonyl (C=O) groups is 1. The van der Waals surface area contributed by atoms with Crippen molar-refractivity contribution in [3.05, 3.63) is 17.0 Å². The first-order valence-corrected chi connectivity index (χ1v) is 9.04. The highest BCUT2D eigenvalue weighted by atomic mass is 32.2. The van der Waals surface area contributed by atoms with Gasteiger partial charge in [-0.25, -0.2) is 13.1 Å². The summed E-state index contributed by atoms with van der Waals surface area (Å²) in [5.74, 6) is -0.175. The second-order valence-corrected chi connectivity index (χ2v) is 7.85. The molecule has 0 saturated carbocycles. The van der Waals surface area contributed by atoms with E-state index in [4.69, 9.17) is 0 Å². The van der Waals surface area contributed by atoms with Crippen molar-refractivity contribution in [1.82, 2.24) is 9.62 Å². The molecule has 1 N–H and O–H groups in total. The first kappa shape index (κ1) is 17.1. The summed E-state index contributed by atoms with van der Waals surface area (Å²) in [6.45, 7) is 6.97. The topological polar surface area (TPSA) is 66.5 Å². The van der Waals surface area contributed by atoms with Crippen LogP contribution in [0.1, 0.15) is 31.6 Å². The molecule has 20 heavy (non-hydrogen) atoms. The van der Waals surface area contributed by atoms with Gasteiger partial charge in [-0.2, -0.15) is 0 Å². The number of nitrogens with zero attached hydrogens (tertiary/aromatic N) is 1. The van der Waals surface area contributed by atoms with Gasteiger partial charge in [-0.1, -0.05) is 13.8 Å². The number of thiophene rings is 1. The molecule has 1 aromatic heterocycles. The summed E-state index contributed by atoms with van der Waals surface area (Å²) >= 11 is 1.20. The molecule has 1 aromatic rings. The van der Waals surface area contributed by atoms with Crippen LogP contribution in [0.15, 0.2) is 16.3 Å². The average Bonchev–Trinajstić information content (AvgIpc) is 2.83. The van der Waals surface area contributed by atoms with E-state index in [1.807, 2.05) is 20.8 Å². The maximum Gasteiger partial charge on any atom is 0.250 e. The van der Waals surface area contributed by atoms with Gasteiger partial charge >= 0.3 is 0 Å². The molecule has 0 aliphatic carbocycles. The minimum Gasteiger partial charge on any atom is -0.342 e. The highest BCUT2D eigenvalue weighted by Gasteiger charge is 2.19. The van der Waals surface area contributed by atoms with Crippen molar-refractivity contribution >= 4 is 27.3 Å². The van der Waals surface area contributed by atoms with Gasteiger partial charge in [0.05, 0.1) is 6.54 Å². The second kappa shape index (κ2) is 7.75. The van der Waals surface area contributed by atoms with Gasteiger partial charge in [-0.15, -0.1) is 11.3 Å². The fourth-order valence-electron chi connectivity index (χ4n) is 1.80. The predicted octanol–water partition coefficient (Wildman–Crippen LogP) is 1.98. The number of hydrogen-bond acceptors (Lipinski definition) is 4. The monoisotopic (exact) mass is 318 g/mol. The molecule has 0 aromatic carbocycles. The molecule has 0 atom stereocenters. The molecule has 0 fully saturated rings. The van der Waals surface area contributed by atoms with Crippen LogP contribution in [0, 0.1) is 6.92 Å². The minimum atomic E-state index is -3.58. The highest BCUT2D eigenvalue weighted by Crippen LogP contribution is 2.20. The molecule has 7 heteroatoms. The van der Waals surface area contributed by atoms with Crippen molar-refractivity contribution in [2.75, 3.05) is 19.6 Å². The van der Waals surface area contributed by atoms with Crippen molar-refractivity contribution in [3.8, 4) is 0 Å². The third-order valence-corrected chi connectivity index (χ3v) is 5.63. The van der Waals surface area contributed by atoms with E-state index in [1.54, 1.807) is 17.0 Å². The van der Waals surface area contributed by atoms with Gasteiger partial charge in [0.15, 0.2) is 0 Å². The summed E-state index contributed by atoms with van der Waals surface area (Å²) < 4.78 is 26.7. The fraction of sp³-hybridized carbons (Fsp3) is 0.615. The lowest BCUT2D eigenvalue weighted by atomic mass is 10.3. The third kappa shape index (κ3) is 4.88. The first-order valence-electron chi connectivity index (χ1n) is 6.74. The van der Waals surface area contributed by atoms with Crippen LogP contribution >= 0.6 is 11.3 Å². The molecule has 0 saturated heterocycles. The van der Waals surface area contributed by atoms with Crippen molar-refractivity contribution in [2.24, 2.45) is 0 Å². The van der Waals surface area contributed by atoms with E-state index in [-0.39, 0.29) is 16.7 Å². The smallest absolute Gasteiger partial charge is 0.250 e. The lowest BCUT2D eigenvalue weighted by Gasteiger charge is -2.21. The van der Waals surface area contributed by atoms with Crippen molar-refractivity contribution < 1.29 is 13.2 Å². The van der Waals surface area contributed by atoms with Gasteiger partial charge in [-0.3, -0.25) is 4.79 Å².